The van der Waals surface area contributed by atoms with Gasteiger partial charge in [0.1, 0.15) is 29.7 Å². The molecule has 2 fully saturated rings. The van der Waals surface area contributed by atoms with Gasteiger partial charge in [0.2, 0.25) is 0 Å². The molecule has 0 bridgehead atoms. The summed E-state index contributed by atoms with van der Waals surface area (Å²) in [6.07, 6.45) is 4.39. The van der Waals surface area contributed by atoms with E-state index in [1.54, 1.807) is 0 Å². The van der Waals surface area contributed by atoms with Crippen LogP contribution < -0.4 is 11.5 Å². The summed E-state index contributed by atoms with van der Waals surface area (Å²) >= 11 is 0. The van der Waals surface area contributed by atoms with Crippen molar-refractivity contribution in [2.75, 3.05) is 18.1 Å². The fourth-order valence-corrected chi connectivity index (χ4v) is 5.88. The average molecular weight is 461 g/mol. The largest absolute Gasteiger partial charge is 0.390 e. The van der Waals surface area contributed by atoms with Gasteiger partial charge in [0.15, 0.2) is 0 Å². The number of fused-ring (bicyclic) bond motifs is 2. The van der Waals surface area contributed by atoms with Gasteiger partial charge in [-0.25, -0.2) is 15.0 Å². The van der Waals surface area contributed by atoms with E-state index in [1.807, 2.05) is 41.1 Å². The van der Waals surface area contributed by atoms with Crippen LogP contribution in [0.5, 0.6) is 0 Å². The van der Waals surface area contributed by atoms with Gasteiger partial charge in [-0.05, 0) is 49.4 Å². The minimum Gasteiger partial charge on any atom is -0.390 e. The van der Waals surface area contributed by atoms with E-state index in [-0.39, 0.29) is 12.1 Å². The van der Waals surface area contributed by atoms with Gasteiger partial charge >= 0.3 is 0 Å². The van der Waals surface area contributed by atoms with Crippen molar-refractivity contribution in [3.63, 3.8) is 0 Å². The molecule has 9 heteroatoms. The van der Waals surface area contributed by atoms with Crippen LogP contribution in [0.4, 0.5) is 11.6 Å². The molecule has 1 aliphatic carbocycles. The van der Waals surface area contributed by atoms with Gasteiger partial charge in [-0.3, -0.25) is 0 Å². The maximum atomic E-state index is 11.1. The average Bonchev–Trinajstić information content (AvgIpc) is 3.51. The van der Waals surface area contributed by atoms with Crippen molar-refractivity contribution in [3.05, 3.63) is 54.5 Å². The molecule has 1 spiro atoms. The zero-order valence-corrected chi connectivity index (χ0v) is 18.7. The Morgan fingerprint density at radius 3 is 2.85 bits per heavy atom. The first-order chi connectivity index (χ1) is 16.4. The highest BCUT2D eigenvalue weighted by Gasteiger charge is 2.57. The summed E-state index contributed by atoms with van der Waals surface area (Å²) in [5.41, 5.74) is 14.1. The molecule has 6 N–H and O–H groups in total. The summed E-state index contributed by atoms with van der Waals surface area (Å²) in [7, 11) is 0. The van der Waals surface area contributed by atoms with Crippen LogP contribution in [-0.2, 0) is 11.2 Å². The number of ether oxygens (including phenoxy) is 1. The molecule has 5 atom stereocenters. The van der Waals surface area contributed by atoms with Crippen molar-refractivity contribution in [2.45, 2.75) is 50.0 Å². The summed E-state index contributed by atoms with van der Waals surface area (Å²) in [6.45, 7) is 0.420. The zero-order valence-electron chi connectivity index (χ0n) is 18.7. The standard InChI is InChI=1S/C25H28N6O3/c26-19-7-5-15-3-1-2-14(20(15)30-19)4-6-16-10-25(12-34-16)11-18(21(32)22(25)33)31-9-8-17-23(27)28-13-29-24(17)31/h1-3,5,7-9,13,16,18,21-22,32-33H,4,6,10-12H2,(H2,26,30)(H2,27,28,29)/t16?,18?,21?,22?,25-/m1/s1. The normalized spacial score (nSPS) is 29.0. The van der Waals surface area contributed by atoms with E-state index in [9.17, 15) is 10.2 Å². The van der Waals surface area contributed by atoms with Crippen molar-refractivity contribution in [1.82, 2.24) is 19.5 Å². The number of nitrogens with two attached hydrogens (primary N) is 2. The zero-order chi connectivity index (χ0) is 23.4. The maximum absolute atomic E-state index is 11.1. The molecule has 4 heterocycles. The molecule has 1 saturated heterocycles. The van der Waals surface area contributed by atoms with Crippen LogP contribution in [-0.4, -0.2) is 54.7 Å². The highest BCUT2D eigenvalue weighted by atomic mass is 16.5. The third-order valence-corrected chi connectivity index (χ3v) is 7.66. The second-order valence-electron chi connectivity index (χ2n) is 9.69. The summed E-state index contributed by atoms with van der Waals surface area (Å²) in [6, 6.07) is 11.5. The van der Waals surface area contributed by atoms with Gasteiger partial charge in [0.05, 0.1) is 35.8 Å². The van der Waals surface area contributed by atoms with Crippen molar-refractivity contribution in [2.24, 2.45) is 5.41 Å². The van der Waals surface area contributed by atoms with Crippen molar-refractivity contribution in [1.29, 1.82) is 0 Å². The molecule has 4 aromatic rings. The van der Waals surface area contributed by atoms with Crippen LogP contribution in [0.2, 0.25) is 0 Å². The number of rotatable bonds is 4. The Labute approximate surface area is 196 Å². The Bertz CT molecular complexity index is 1370. The van der Waals surface area contributed by atoms with Gasteiger partial charge in [-0.2, -0.15) is 0 Å². The second-order valence-corrected chi connectivity index (χ2v) is 9.69. The molecule has 0 radical (unpaired) electrons. The van der Waals surface area contributed by atoms with Crippen LogP contribution in [0.15, 0.2) is 48.9 Å². The third-order valence-electron chi connectivity index (χ3n) is 7.66. The van der Waals surface area contributed by atoms with Gasteiger partial charge in [-0.1, -0.05) is 18.2 Å². The van der Waals surface area contributed by atoms with Crippen molar-refractivity contribution < 1.29 is 14.9 Å². The van der Waals surface area contributed by atoms with Crippen LogP contribution in [0.25, 0.3) is 21.9 Å². The summed E-state index contributed by atoms with van der Waals surface area (Å²) < 4.78 is 8.08. The lowest BCUT2D eigenvalue weighted by Crippen LogP contribution is -2.37. The molecule has 6 rings (SSSR count). The minimum absolute atomic E-state index is 0.00343. The lowest BCUT2D eigenvalue weighted by molar-refractivity contribution is -0.0309. The van der Waals surface area contributed by atoms with Crippen molar-refractivity contribution >= 4 is 33.6 Å². The molecule has 1 aliphatic heterocycles. The number of benzene rings is 1. The molecule has 176 valence electrons. The Morgan fingerprint density at radius 1 is 1.09 bits per heavy atom. The SMILES string of the molecule is Nc1ccc2cccc(CCC3C[C@]4(CO3)CC(n3ccc5c(N)ncnc53)C(O)C4O)c2n1. The molecule has 2 aliphatic rings. The maximum Gasteiger partial charge on any atom is 0.145 e. The third kappa shape index (κ3) is 3.31. The van der Waals surface area contributed by atoms with E-state index in [0.29, 0.717) is 36.7 Å². The Hall–Kier alpha value is -3.27. The summed E-state index contributed by atoms with van der Waals surface area (Å²) in [4.78, 5) is 12.9. The van der Waals surface area contributed by atoms with Gasteiger partial charge in [-0.15, -0.1) is 0 Å². The lowest BCUT2D eigenvalue weighted by atomic mass is 9.80. The van der Waals surface area contributed by atoms with E-state index in [1.165, 1.54) is 6.33 Å². The monoisotopic (exact) mass is 460 g/mol. The van der Waals surface area contributed by atoms with Gasteiger partial charge in [0, 0.05) is 17.0 Å². The topological polar surface area (TPSA) is 145 Å². The van der Waals surface area contributed by atoms with Gasteiger partial charge < -0.3 is 31.0 Å². The molecule has 1 aromatic carbocycles. The molecule has 34 heavy (non-hydrogen) atoms. The first kappa shape index (κ1) is 21.3. The molecular formula is C25H28N6O3. The predicted octanol–water partition coefficient (Wildman–Crippen LogP) is 2.22. The van der Waals surface area contributed by atoms with Gasteiger partial charge in [0.25, 0.3) is 0 Å². The number of hydrogen-bond acceptors (Lipinski definition) is 8. The lowest BCUT2D eigenvalue weighted by Gasteiger charge is -2.26. The van der Waals surface area contributed by atoms with Crippen LogP contribution in [0.1, 0.15) is 30.9 Å². The van der Waals surface area contributed by atoms with E-state index in [2.05, 4.69) is 21.0 Å². The molecule has 1 saturated carbocycles. The number of aliphatic hydroxyl groups is 2. The van der Waals surface area contributed by atoms with E-state index < -0.39 is 17.6 Å². The van der Waals surface area contributed by atoms with Crippen molar-refractivity contribution in [3.8, 4) is 0 Å². The van der Waals surface area contributed by atoms with E-state index >= 15 is 0 Å². The number of aryl methyl sites for hydroxylation is 1. The van der Waals surface area contributed by atoms with E-state index in [4.69, 9.17) is 16.2 Å². The Kier molecular flexibility index (Phi) is 4.94. The minimum atomic E-state index is -0.917. The smallest absolute Gasteiger partial charge is 0.145 e. The Balaban J connectivity index is 1.20. The molecular weight excluding hydrogens is 432 g/mol. The number of nitrogen functional groups attached to an aromatic ring is 2. The highest BCUT2D eigenvalue weighted by Crippen LogP contribution is 2.52. The number of aromatic nitrogens is 4. The first-order valence-electron chi connectivity index (χ1n) is 11.6. The molecule has 0 amide bonds. The second kappa shape index (κ2) is 7.90. The fourth-order valence-electron chi connectivity index (χ4n) is 5.88. The number of nitrogens with zero attached hydrogens (tertiary/aromatic N) is 4. The quantitative estimate of drug-likeness (QED) is 0.363. The fraction of sp³-hybridized carbons (Fsp3) is 0.400. The molecule has 4 unspecified atom stereocenters. The first-order valence-corrected chi connectivity index (χ1v) is 11.6. The number of anilines is 2. The molecule has 3 aromatic heterocycles. The van der Waals surface area contributed by atoms with Crippen LogP contribution in [0.3, 0.4) is 0 Å². The van der Waals surface area contributed by atoms with E-state index in [0.717, 1.165) is 34.7 Å². The Morgan fingerprint density at radius 2 is 1.97 bits per heavy atom. The highest BCUT2D eigenvalue weighted by molar-refractivity contribution is 5.86. The number of aliphatic hydroxyl groups excluding tert-OH is 2. The number of pyridine rings is 1. The predicted molar refractivity (Wildman–Crippen MR) is 129 cm³/mol. The van der Waals surface area contributed by atoms with Crippen LogP contribution in [0, 0.1) is 5.41 Å². The van der Waals surface area contributed by atoms with Crippen LogP contribution >= 0.6 is 0 Å². The molecule has 9 nitrogen and oxygen atoms in total. The number of hydrogen-bond donors (Lipinski definition) is 4. The summed E-state index contributed by atoms with van der Waals surface area (Å²) in [5, 5.41) is 23.9. The summed E-state index contributed by atoms with van der Waals surface area (Å²) in [5.74, 6) is 0.912. The number of para-hydroxylation sites is 1.